The molecular weight excluding hydrogens is 963 g/mol. The number of rotatable bonds is 15. The second kappa shape index (κ2) is 23.7. The number of nitrogens with zero attached hydrogens (tertiary/aromatic N) is 1. The maximum atomic E-state index is 15.2. The van der Waals surface area contributed by atoms with Gasteiger partial charge in [-0.1, -0.05) is 39.8 Å². The van der Waals surface area contributed by atoms with E-state index in [0.29, 0.717) is 17.9 Å². The number of esters is 3. The van der Waals surface area contributed by atoms with Crippen molar-refractivity contribution in [2.45, 2.75) is 191 Å². The Morgan fingerprint density at radius 1 is 0.845 bits per heavy atom. The number of fused-ring (bicyclic) bond motifs is 1. The monoisotopic (exact) mass is 1040 g/mol. The predicted octanol–water partition coefficient (Wildman–Crippen LogP) is 6.12. The van der Waals surface area contributed by atoms with Crippen LogP contribution in [0, 0.1) is 29.6 Å². The number of carbonyl (C=O) groups excluding carboxylic acids is 4. The van der Waals surface area contributed by atoms with E-state index in [1.165, 1.54) is 32.9 Å². The molecule has 71 heavy (non-hydrogen) atoms. The van der Waals surface area contributed by atoms with E-state index in [9.17, 15) is 18.0 Å². The quantitative estimate of drug-likeness (QED) is 0.110. The third-order valence-electron chi connectivity index (χ3n) is 15.4. The van der Waals surface area contributed by atoms with Crippen molar-refractivity contribution in [1.29, 1.82) is 0 Å². The molecule has 4 saturated heterocycles. The second-order valence-corrected chi connectivity index (χ2v) is 23.8. The lowest BCUT2D eigenvalue weighted by molar-refractivity contribution is -0.318. The third-order valence-corrected chi connectivity index (χ3v) is 17.3. The summed E-state index contributed by atoms with van der Waals surface area (Å²) in [6, 6.07) is 7.03. The van der Waals surface area contributed by atoms with Crippen LogP contribution in [0.2, 0.25) is 0 Å². The van der Waals surface area contributed by atoms with Gasteiger partial charge in [0.25, 0.3) is 10.1 Å². The number of ether oxygens (including phenoxy) is 10. The molecule has 4 heterocycles. The second-order valence-electron chi connectivity index (χ2n) is 21.0. The Balaban J connectivity index is 1.67. The number of thioether (sulfide) groups is 1. The summed E-state index contributed by atoms with van der Waals surface area (Å²) in [7, 11) is 4.16. The normalized spacial score (nSPS) is 40.8. The Morgan fingerprint density at radius 3 is 2.01 bits per heavy atom. The summed E-state index contributed by atoms with van der Waals surface area (Å²) in [5, 5.41) is -0.814. The molecule has 404 valence electrons. The minimum absolute atomic E-state index is 0.0616. The molecule has 0 aromatic heterocycles. The van der Waals surface area contributed by atoms with E-state index in [0.717, 1.165) is 11.8 Å². The molecule has 18 nitrogen and oxygen atoms in total. The lowest BCUT2D eigenvalue weighted by Gasteiger charge is -2.50. The number of likely N-dealkylation sites (N-methyl/N-ethyl adjacent to an activating group) is 1. The maximum absolute atomic E-state index is 15.2. The summed E-state index contributed by atoms with van der Waals surface area (Å²) < 4.78 is 95.2. The first kappa shape index (κ1) is 59.0. The van der Waals surface area contributed by atoms with Crippen molar-refractivity contribution < 1.29 is 79.1 Å². The fourth-order valence-corrected chi connectivity index (χ4v) is 13.6. The van der Waals surface area contributed by atoms with Gasteiger partial charge in [-0.15, -0.1) is 11.8 Å². The van der Waals surface area contributed by atoms with E-state index in [-0.39, 0.29) is 25.0 Å². The number of ketones is 1. The van der Waals surface area contributed by atoms with Gasteiger partial charge in [-0.25, -0.2) is 0 Å². The molecule has 0 N–H and O–H groups in total. The Kier molecular flexibility index (Phi) is 19.7. The van der Waals surface area contributed by atoms with Crippen molar-refractivity contribution in [3.63, 3.8) is 0 Å². The average molecular weight is 1040 g/mol. The van der Waals surface area contributed by atoms with Crippen LogP contribution >= 0.6 is 11.8 Å². The molecule has 1 unspecified atom stereocenters. The van der Waals surface area contributed by atoms with Crippen LogP contribution in [0.15, 0.2) is 24.3 Å². The third kappa shape index (κ3) is 13.3. The Labute approximate surface area is 425 Å². The number of cyclic esters (lactones) is 1. The smallest absolute Gasteiger partial charge is 0.320 e. The average Bonchev–Trinajstić information content (AvgIpc) is 3.56. The Morgan fingerprint density at radius 2 is 1.46 bits per heavy atom. The highest BCUT2D eigenvalue weighted by Crippen LogP contribution is 2.50. The Hall–Kier alpha value is -2.92. The van der Waals surface area contributed by atoms with E-state index >= 15 is 9.59 Å². The van der Waals surface area contributed by atoms with Crippen molar-refractivity contribution >= 4 is 45.6 Å². The molecule has 0 spiro atoms. The molecule has 4 aliphatic heterocycles. The minimum Gasteiger partial charge on any atom is -0.497 e. The topological polar surface area (TPSA) is 207 Å². The molecule has 0 bridgehead atoms. The van der Waals surface area contributed by atoms with Gasteiger partial charge in [0.15, 0.2) is 24.3 Å². The first-order valence-electron chi connectivity index (χ1n) is 24.7. The first-order chi connectivity index (χ1) is 33.1. The number of benzene rings is 1. The van der Waals surface area contributed by atoms with Gasteiger partial charge in [-0.3, -0.25) is 23.4 Å². The van der Waals surface area contributed by atoms with Gasteiger partial charge in [0, 0.05) is 63.0 Å². The van der Waals surface area contributed by atoms with Gasteiger partial charge in [0.2, 0.25) is 0 Å². The van der Waals surface area contributed by atoms with E-state index in [1.54, 1.807) is 48.7 Å². The molecule has 0 radical (unpaired) electrons. The van der Waals surface area contributed by atoms with E-state index < -0.39 is 141 Å². The standard InChI is InChI=1S/C51H81NO17S2/c1-18-37-51(11)39(43(47(56)68-51)70-26-34-19-21-35(59-14)22-20-34)29(4)40(54)27(2)24-49(9,60-15)44(67-48-42(69-71(17,57)58)36(52(12)13)23-28(3)62-48)30(5)41(31(6)46(55)65-37)66-38-25-50(10,61-16)45(32(7)63-38)64-33(8)53/h19-22,27-32,36-39,41-45,48H,18,23-26H2,1-17H3/t27-,28-,29-,30+,31-,32+,36+,37-,38+,39+,41+,42-,43?,44-,45+,48+,49-,50-,51-/m1/s1. The van der Waals surface area contributed by atoms with Gasteiger partial charge < -0.3 is 52.3 Å². The zero-order valence-electron chi connectivity index (χ0n) is 44.8. The van der Waals surface area contributed by atoms with Gasteiger partial charge >= 0.3 is 17.9 Å². The van der Waals surface area contributed by atoms with Crippen molar-refractivity contribution in [3.05, 3.63) is 29.8 Å². The molecule has 0 amide bonds. The molecule has 4 fully saturated rings. The van der Waals surface area contributed by atoms with Crippen molar-refractivity contribution in [1.82, 2.24) is 4.90 Å². The molecular formula is C51H81NO17S2. The van der Waals surface area contributed by atoms with Gasteiger partial charge in [-0.2, -0.15) is 8.42 Å². The van der Waals surface area contributed by atoms with Crippen LogP contribution in [0.5, 0.6) is 5.75 Å². The highest BCUT2D eigenvalue weighted by Gasteiger charge is 2.62. The summed E-state index contributed by atoms with van der Waals surface area (Å²) in [6.45, 7) is 19.2. The van der Waals surface area contributed by atoms with Crippen molar-refractivity contribution in [2.24, 2.45) is 29.6 Å². The molecule has 1 aromatic carbocycles. The number of hydrogen-bond acceptors (Lipinski definition) is 19. The zero-order chi connectivity index (χ0) is 53.1. The largest absolute Gasteiger partial charge is 0.497 e. The lowest BCUT2D eigenvalue weighted by atomic mass is 9.70. The highest BCUT2D eigenvalue weighted by molar-refractivity contribution is 7.99. The van der Waals surface area contributed by atoms with Crippen molar-refractivity contribution in [2.75, 3.05) is 41.7 Å². The number of carbonyl (C=O) groups is 4. The van der Waals surface area contributed by atoms with Crippen LogP contribution < -0.4 is 4.74 Å². The summed E-state index contributed by atoms with van der Waals surface area (Å²) in [5.41, 5.74) is -2.99. The van der Waals surface area contributed by atoms with Crippen LogP contribution in [0.4, 0.5) is 0 Å². The molecule has 0 aliphatic carbocycles. The van der Waals surface area contributed by atoms with Crippen LogP contribution in [0.1, 0.15) is 107 Å². The summed E-state index contributed by atoms with van der Waals surface area (Å²) in [6.07, 6.45) is -6.97. The SMILES string of the molecule is CC[C@H]1OC(=O)[C@H](C)[C@@H](O[C@H]2C[C@@](C)(OC)[C@@H](OC(C)=O)[C@H](C)O2)[C@H](C)[C@@H](O[C@@H]2O[C@H](C)C[C@H](N(C)C)[C@H]2OS(C)(=O)=O)[C@](C)(OC)C[C@@H](C)C(=O)[C@H](C)[C@H]2C(SCc3ccc(OC)cc3)C(=O)O[C@@]21C. The van der Waals surface area contributed by atoms with Crippen LogP contribution in [-0.2, 0) is 81.9 Å². The van der Waals surface area contributed by atoms with Gasteiger partial charge in [0.1, 0.15) is 34.6 Å². The zero-order valence-corrected chi connectivity index (χ0v) is 46.4. The number of hydrogen-bond donors (Lipinski definition) is 0. The first-order valence-corrected chi connectivity index (χ1v) is 27.6. The molecule has 5 rings (SSSR count). The molecule has 4 aliphatic rings. The highest BCUT2D eigenvalue weighted by atomic mass is 32.2. The number of methoxy groups -OCH3 is 3. The molecule has 20 heteroatoms. The van der Waals surface area contributed by atoms with E-state index in [4.69, 9.17) is 51.6 Å². The van der Waals surface area contributed by atoms with Crippen LogP contribution in [0.25, 0.3) is 0 Å². The maximum Gasteiger partial charge on any atom is 0.320 e. The fourth-order valence-electron chi connectivity index (χ4n) is 11.5. The van der Waals surface area contributed by atoms with E-state index in [2.05, 4.69) is 0 Å². The lowest BCUT2D eigenvalue weighted by Crippen LogP contribution is -2.62. The summed E-state index contributed by atoms with van der Waals surface area (Å²) in [5.74, 6) is -5.00. The number of Topliss-reactive ketones (excluding diaryl/α,β-unsaturated/α-hetero) is 1. The Bertz CT molecular complexity index is 2110. The fraction of sp³-hybridized carbons (Fsp3) is 0.804. The van der Waals surface area contributed by atoms with Crippen LogP contribution in [0.3, 0.4) is 0 Å². The van der Waals surface area contributed by atoms with E-state index in [1.807, 2.05) is 71.0 Å². The minimum atomic E-state index is -4.07. The predicted molar refractivity (Wildman–Crippen MR) is 264 cm³/mol. The molecule has 0 saturated carbocycles. The van der Waals surface area contributed by atoms with Gasteiger partial charge in [-0.05, 0) is 92.6 Å². The van der Waals surface area contributed by atoms with Crippen LogP contribution in [-0.4, -0.2) is 162 Å². The summed E-state index contributed by atoms with van der Waals surface area (Å²) in [4.78, 5) is 58.7. The molecule has 1 aromatic rings. The molecule has 19 atom stereocenters. The summed E-state index contributed by atoms with van der Waals surface area (Å²) >= 11 is 1.37. The van der Waals surface area contributed by atoms with Crippen molar-refractivity contribution in [3.8, 4) is 5.75 Å². The van der Waals surface area contributed by atoms with Gasteiger partial charge in [0.05, 0.1) is 49.3 Å².